The van der Waals surface area contributed by atoms with Gasteiger partial charge in [-0.2, -0.15) is 0 Å². The van der Waals surface area contributed by atoms with Crippen LogP contribution in [0.25, 0.3) is 0 Å². The molecule has 0 saturated carbocycles. The van der Waals surface area contributed by atoms with Crippen LogP contribution in [0, 0.1) is 0 Å². The molecule has 1 aromatic carbocycles. The largest absolute Gasteiger partial charge is 0.378 e. The van der Waals surface area contributed by atoms with Crippen molar-refractivity contribution in [1.29, 1.82) is 0 Å². The Morgan fingerprint density at radius 2 is 1.75 bits per heavy atom. The Balaban J connectivity index is 2.11. The van der Waals surface area contributed by atoms with Crippen LogP contribution in [0.15, 0.2) is 51.5 Å². The smallest absolute Gasteiger partial charge is 0.0632 e. The summed E-state index contributed by atoms with van der Waals surface area (Å²) in [5.74, 6) is 0. The van der Waals surface area contributed by atoms with E-state index in [-0.39, 0.29) is 0 Å². The fourth-order valence-corrected chi connectivity index (χ4v) is 2.63. The van der Waals surface area contributed by atoms with Gasteiger partial charge in [-0.15, -0.1) is 0 Å². The van der Waals surface area contributed by atoms with Crippen LogP contribution in [0.1, 0.15) is 5.69 Å². The Hall–Kier alpha value is -0.870. The second-order valence-electron chi connectivity index (χ2n) is 3.27. The molecule has 0 aliphatic rings. The summed E-state index contributed by atoms with van der Waals surface area (Å²) in [5, 5.41) is 3.34. The zero-order chi connectivity index (χ0) is 11.4. The van der Waals surface area contributed by atoms with E-state index < -0.39 is 0 Å². The molecule has 1 N–H and O–H groups in total. The molecule has 0 bridgehead atoms. The summed E-state index contributed by atoms with van der Waals surface area (Å²) in [6.45, 7) is 0.710. The van der Waals surface area contributed by atoms with Crippen LogP contribution in [0.3, 0.4) is 0 Å². The van der Waals surface area contributed by atoms with Gasteiger partial charge in [0.2, 0.25) is 0 Å². The van der Waals surface area contributed by atoms with E-state index in [1.165, 1.54) is 0 Å². The third-order valence-electron chi connectivity index (χ3n) is 2.14. The molecule has 0 saturated heterocycles. The molecule has 2 aromatic rings. The Kier molecular flexibility index (Phi) is 3.96. The molecule has 0 amide bonds. The minimum atomic E-state index is 0.710. The van der Waals surface area contributed by atoms with Gasteiger partial charge in [-0.25, -0.2) is 0 Å². The SMILES string of the molecule is Brc1cccc(Br)c1NCc1ccccn1. The van der Waals surface area contributed by atoms with E-state index in [4.69, 9.17) is 0 Å². The van der Waals surface area contributed by atoms with Crippen molar-refractivity contribution in [1.82, 2.24) is 4.98 Å². The minimum Gasteiger partial charge on any atom is -0.378 e. The lowest BCUT2D eigenvalue weighted by Crippen LogP contribution is -2.02. The van der Waals surface area contributed by atoms with Gasteiger partial charge >= 0.3 is 0 Å². The molecule has 1 heterocycles. The van der Waals surface area contributed by atoms with Crippen LogP contribution in [0.4, 0.5) is 5.69 Å². The standard InChI is InChI=1S/C12H10Br2N2/c13-10-5-3-6-11(14)12(10)16-8-9-4-1-2-7-15-9/h1-7,16H,8H2. The number of hydrogen-bond acceptors (Lipinski definition) is 2. The molecule has 0 fully saturated rings. The van der Waals surface area contributed by atoms with Crippen molar-refractivity contribution in [3.05, 3.63) is 57.2 Å². The van der Waals surface area contributed by atoms with E-state index in [9.17, 15) is 0 Å². The zero-order valence-electron chi connectivity index (χ0n) is 8.45. The van der Waals surface area contributed by atoms with Crippen molar-refractivity contribution in [2.75, 3.05) is 5.32 Å². The average Bonchev–Trinajstić information content (AvgIpc) is 2.30. The first kappa shape index (κ1) is 11.6. The molecular weight excluding hydrogens is 332 g/mol. The number of nitrogens with one attached hydrogen (secondary N) is 1. The predicted molar refractivity (Wildman–Crippen MR) is 73.4 cm³/mol. The predicted octanol–water partition coefficient (Wildman–Crippen LogP) is 4.22. The van der Waals surface area contributed by atoms with E-state index in [1.807, 2.05) is 36.4 Å². The summed E-state index contributed by atoms with van der Waals surface area (Å²) >= 11 is 7.02. The summed E-state index contributed by atoms with van der Waals surface area (Å²) in [6.07, 6.45) is 1.80. The average molecular weight is 342 g/mol. The van der Waals surface area contributed by atoms with Crippen LogP contribution >= 0.6 is 31.9 Å². The lowest BCUT2D eigenvalue weighted by atomic mass is 10.3. The molecule has 0 aliphatic heterocycles. The molecule has 0 unspecified atom stereocenters. The van der Waals surface area contributed by atoms with Gasteiger partial charge in [-0.05, 0) is 56.1 Å². The highest BCUT2D eigenvalue weighted by Gasteiger charge is 2.03. The van der Waals surface area contributed by atoms with Crippen molar-refractivity contribution in [3.8, 4) is 0 Å². The molecule has 0 aliphatic carbocycles. The summed E-state index contributed by atoms with van der Waals surface area (Å²) in [6, 6.07) is 11.9. The third-order valence-corrected chi connectivity index (χ3v) is 3.46. The normalized spacial score (nSPS) is 10.1. The van der Waals surface area contributed by atoms with Crippen LogP contribution in [-0.2, 0) is 6.54 Å². The highest BCUT2D eigenvalue weighted by atomic mass is 79.9. The highest BCUT2D eigenvalue weighted by Crippen LogP contribution is 2.30. The molecule has 1 aromatic heterocycles. The van der Waals surface area contributed by atoms with Crippen LogP contribution < -0.4 is 5.32 Å². The quantitative estimate of drug-likeness (QED) is 0.904. The van der Waals surface area contributed by atoms with Crippen molar-refractivity contribution in [2.45, 2.75) is 6.54 Å². The van der Waals surface area contributed by atoms with E-state index in [1.54, 1.807) is 6.20 Å². The number of nitrogens with zero attached hydrogens (tertiary/aromatic N) is 1. The maximum absolute atomic E-state index is 4.26. The number of aromatic nitrogens is 1. The highest BCUT2D eigenvalue weighted by molar-refractivity contribution is 9.11. The van der Waals surface area contributed by atoms with Crippen LogP contribution in [0.5, 0.6) is 0 Å². The second kappa shape index (κ2) is 5.46. The van der Waals surface area contributed by atoms with Crippen molar-refractivity contribution < 1.29 is 0 Å². The molecular formula is C12H10Br2N2. The topological polar surface area (TPSA) is 24.9 Å². The third kappa shape index (κ3) is 2.83. The van der Waals surface area contributed by atoms with Crippen molar-refractivity contribution in [2.24, 2.45) is 0 Å². The molecule has 0 radical (unpaired) electrons. The Morgan fingerprint density at radius 1 is 1.00 bits per heavy atom. The number of pyridine rings is 1. The van der Waals surface area contributed by atoms with Crippen LogP contribution in [0.2, 0.25) is 0 Å². The van der Waals surface area contributed by atoms with Gasteiger partial charge in [-0.1, -0.05) is 12.1 Å². The lowest BCUT2D eigenvalue weighted by molar-refractivity contribution is 1.04. The monoisotopic (exact) mass is 340 g/mol. The summed E-state index contributed by atoms with van der Waals surface area (Å²) in [5.41, 5.74) is 2.07. The summed E-state index contributed by atoms with van der Waals surface area (Å²) in [4.78, 5) is 4.26. The molecule has 2 nitrogen and oxygen atoms in total. The van der Waals surface area contributed by atoms with Gasteiger partial charge in [0.05, 0.1) is 17.9 Å². The number of para-hydroxylation sites is 1. The molecule has 0 spiro atoms. The first-order valence-corrected chi connectivity index (χ1v) is 6.44. The lowest BCUT2D eigenvalue weighted by Gasteiger charge is -2.09. The number of hydrogen-bond donors (Lipinski definition) is 1. The fraction of sp³-hybridized carbons (Fsp3) is 0.0833. The Labute approximate surface area is 111 Å². The van der Waals surface area contributed by atoms with Gasteiger partial charge in [0, 0.05) is 15.1 Å². The Bertz CT molecular complexity index is 451. The second-order valence-corrected chi connectivity index (χ2v) is 4.98. The van der Waals surface area contributed by atoms with Gasteiger partial charge < -0.3 is 5.32 Å². The molecule has 4 heteroatoms. The van der Waals surface area contributed by atoms with Gasteiger partial charge in [-0.3, -0.25) is 4.98 Å². The van der Waals surface area contributed by atoms with E-state index in [0.717, 1.165) is 20.3 Å². The van der Waals surface area contributed by atoms with Crippen LogP contribution in [-0.4, -0.2) is 4.98 Å². The number of benzene rings is 1. The van der Waals surface area contributed by atoms with Crippen molar-refractivity contribution >= 4 is 37.5 Å². The van der Waals surface area contributed by atoms with E-state index in [2.05, 4.69) is 42.2 Å². The molecule has 0 atom stereocenters. The molecule has 16 heavy (non-hydrogen) atoms. The number of halogens is 2. The van der Waals surface area contributed by atoms with E-state index >= 15 is 0 Å². The maximum atomic E-state index is 4.26. The molecule has 2 rings (SSSR count). The Morgan fingerprint density at radius 3 is 2.38 bits per heavy atom. The summed E-state index contributed by atoms with van der Waals surface area (Å²) in [7, 11) is 0. The fourth-order valence-electron chi connectivity index (χ4n) is 1.35. The van der Waals surface area contributed by atoms with Gasteiger partial charge in [0.15, 0.2) is 0 Å². The first-order valence-electron chi connectivity index (χ1n) is 4.85. The van der Waals surface area contributed by atoms with Gasteiger partial charge in [0.1, 0.15) is 0 Å². The summed E-state index contributed by atoms with van der Waals surface area (Å²) < 4.78 is 2.08. The molecule has 82 valence electrons. The number of rotatable bonds is 3. The van der Waals surface area contributed by atoms with E-state index in [0.29, 0.717) is 6.54 Å². The maximum Gasteiger partial charge on any atom is 0.0632 e. The van der Waals surface area contributed by atoms with Crippen molar-refractivity contribution in [3.63, 3.8) is 0 Å². The zero-order valence-corrected chi connectivity index (χ0v) is 11.6. The van der Waals surface area contributed by atoms with Gasteiger partial charge in [0.25, 0.3) is 0 Å². The number of anilines is 1. The minimum absolute atomic E-state index is 0.710. The first-order chi connectivity index (χ1) is 7.77.